The Morgan fingerprint density at radius 2 is 1.81 bits per heavy atom. The van der Waals surface area contributed by atoms with Crippen LogP contribution < -0.4 is 15.8 Å². The molecule has 0 bridgehead atoms. The maximum atomic E-state index is 12.0. The summed E-state index contributed by atoms with van der Waals surface area (Å²) in [7, 11) is 0. The molecule has 0 unspecified atom stereocenters. The summed E-state index contributed by atoms with van der Waals surface area (Å²) >= 11 is 0. The number of guanidine groups is 1. The Labute approximate surface area is 201 Å². The molecule has 31 heavy (non-hydrogen) atoms. The number of phenolic OH excluding ortho intramolecular Hbond substituents is 1. The Hall–Kier alpha value is -2.23. The summed E-state index contributed by atoms with van der Waals surface area (Å²) < 4.78 is 1.83. The van der Waals surface area contributed by atoms with Crippen LogP contribution in [0.1, 0.15) is 25.5 Å². The highest BCUT2D eigenvalue weighted by atomic mass is 127. The van der Waals surface area contributed by atoms with Crippen LogP contribution in [0.3, 0.4) is 0 Å². The first-order valence-electron chi connectivity index (χ1n) is 10.8. The normalized spacial score (nSPS) is 14.3. The molecule has 0 spiro atoms. The number of nitrogens with zero attached hydrogens (tertiary/aromatic N) is 4. The summed E-state index contributed by atoms with van der Waals surface area (Å²) in [5, 5.41) is 13.5. The second kappa shape index (κ2) is 12.6. The quantitative estimate of drug-likeness (QED) is 0.245. The minimum atomic E-state index is 0. The van der Waals surface area contributed by atoms with Crippen molar-refractivity contribution >= 4 is 35.6 Å². The minimum Gasteiger partial charge on any atom is -0.506 e. The zero-order valence-electron chi connectivity index (χ0n) is 18.5. The van der Waals surface area contributed by atoms with Gasteiger partial charge in [-0.05, 0) is 44.9 Å². The summed E-state index contributed by atoms with van der Waals surface area (Å²) in [6.07, 6.45) is 1.86. The third-order valence-corrected chi connectivity index (χ3v) is 5.46. The number of pyridine rings is 1. The fourth-order valence-corrected chi connectivity index (χ4v) is 3.79. The van der Waals surface area contributed by atoms with Gasteiger partial charge in [0, 0.05) is 57.6 Å². The predicted molar refractivity (Wildman–Crippen MR) is 138 cm³/mol. The monoisotopic (exact) mass is 539 g/mol. The number of halogens is 1. The van der Waals surface area contributed by atoms with Crippen molar-refractivity contribution in [3.05, 3.63) is 58.5 Å². The van der Waals surface area contributed by atoms with Crippen LogP contribution in [0.4, 0.5) is 5.69 Å². The van der Waals surface area contributed by atoms with E-state index in [-0.39, 0.29) is 29.5 Å². The van der Waals surface area contributed by atoms with Crippen molar-refractivity contribution < 1.29 is 5.11 Å². The molecule has 1 aromatic carbocycles. The molecule has 0 saturated carbocycles. The van der Waals surface area contributed by atoms with Crippen LogP contribution in [0.15, 0.2) is 52.3 Å². The molecule has 3 rings (SSSR count). The Bertz CT molecular complexity index is 907. The zero-order valence-corrected chi connectivity index (χ0v) is 20.8. The minimum absolute atomic E-state index is 0. The molecule has 0 amide bonds. The van der Waals surface area contributed by atoms with Crippen LogP contribution in [-0.2, 0) is 6.54 Å². The third-order valence-electron chi connectivity index (χ3n) is 5.46. The Morgan fingerprint density at radius 1 is 1.06 bits per heavy atom. The Kier molecular flexibility index (Phi) is 10.2. The van der Waals surface area contributed by atoms with Crippen molar-refractivity contribution in [2.75, 3.05) is 44.2 Å². The van der Waals surface area contributed by atoms with Crippen LogP contribution in [0.25, 0.3) is 0 Å². The summed E-state index contributed by atoms with van der Waals surface area (Å²) in [4.78, 5) is 21.3. The van der Waals surface area contributed by atoms with Crippen LogP contribution in [0, 0.1) is 6.92 Å². The molecule has 1 aliphatic heterocycles. The first-order valence-corrected chi connectivity index (χ1v) is 10.8. The number of aromatic hydroxyl groups is 1. The smallest absolute Gasteiger partial charge is 0.250 e. The van der Waals surface area contributed by atoms with Gasteiger partial charge in [0.1, 0.15) is 5.75 Å². The maximum Gasteiger partial charge on any atom is 0.250 e. The highest BCUT2D eigenvalue weighted by Crippen LogP contribution is 2.27. The van der Waals surface area contributed by atoms with Gasteiger partial charge in [0.25, 0.3) is 5.56 Å². The summed E-state index contributed by atoms with van der Waals surface area (Å²) in [6.45, 7) is 9.76. The van der Waals surface area contributed by atoms with Gasteiger partial charge in [-0.15, -0.1) is 24.0 Å². The SMILES string of the molecule is CCNC(=NCCCCn1c(C)cccc1=O)N1CCN(c2ccccc2O)CC1.I. The van der Waals surface area contributed by atoms with Gasteiger partial charge in [-0.2, -0.15) is 0 Å². The zero-order chi connectivity index (χ0) is 21.3. The lowest BCUT2D eigenvalue weighted by Gasteiger charge is -2.37. The average Bonchev–Trinajstić information content (AvgIpc) is 2.75. The van der Waals surface area contributed by atoms with E-state index in [1.807, 2.05) is 35.8 Å². The number of aliphatic imine (C=N–C) groups is 1. The molecule has 1 fully saturated rings. The van der Waals surface area contributed by atoms with Crippen molar-refractivity contribution in [2.24, 2.45) is 4.99 Å². The number of phenols is 1. The van der Waals surface area contributed by atoms with E-state index in [9.17, 15) is 9.90 Å². The molecular weight excluding hydrogens is 505 g/mol. The number of unbranched alkanes of at least 4 members (excludes halogenated alkanes) is 1. The number of nitrogens with one attached hydrogen (secondary N) is 1. The van der Waals surface area contributed by atoms with Gasteiger partial charge in [-0.25, -0.2) is 0 Å². The first kappa shape index (κ1) is 25.0. The number of para-hydroxylation sites is 2. The van der Waals surface area contributed by atoms with Crippen molar-refractivity contribution in [3.63, 3.8) is 0 Å². The van der Waals surface area contributed by atoms with Gasteiger partial charge in [0.2, 0.25) is 0 Å². The molecule has 2 heterocycles. The molecule has 0 aliphatic carbocycles. The largest absolute Gasteiger partial charge is 0.506 e. The number of hydrogen-bond acceptors (Lipinski definition) is 4. The number of aryl methyl sites for hydroxylation is 1. The molecule has 7 nitrogen and oxygen atoms in total. The molecule has 0 radical (unpaired) electrons. The molecule has 2 aromatic rings. The fraction of sp³-hybridized carbons (Fsp3) is 0.478. The number of piperazine rings is 1. The molecule has 1 saturated heterocycles. The van der Waals surface area contributed by atoms with Crippen molar-refractivity contribution in [3.8, 4) is 5.75 Å². The standard InChI is InChI=1S/C23H33N5O2.HI/c1-3-24-23(25-13-6-7-14-28-19(2)9-8-12-22(28)30)27-17-15-26(16-18-27)20-10-4-5-11-21(20)29;/h4-5,8-12,29H,3,6-7,13-18H2,1-2H3,(H,24,25);1H. The highest BCUT2D eigenvalue weighted by molar-refractivity contribution is 14.0. The predicted octanol–water partition coefficient (Wildman–Crippen LogP) is 3.05. The van der Waals surface area contributed by atoms with Gasteiger partial charge < -0.3 is 24.8 Å². The second-order valence-electron chi connectivity index (χ2n) is 7.56. The Balaban J connectivity index is 0.00000341. The van der Waals surface area contributed by atoms with Crippen LogP contribution >= 0.6 is 24.0 Å². The summed E-state index contributed by atoms with van der Waals surface area (Å²) in [6, 6.07) is 12.9. The molecule has 2 N–H and O–H groups in total. The lowest BCUT2D eigenvalue weighted by Crippen LogP contribution is -2.52. The van der Waals surface area contributed by atoms with Crippen LogP contribution in [0.5, 0.6) is 5.75 Å². The molecule has 1 aromatic heterocycles. The first-order chi connectivity index (χ1) is 14.6. The van der Waals surface area contributed by atoms with Crippen LogP contribution in [-0.4, -0.2) is 59.8 Å². The van der Waals surface area contributed by atoms with E-state index >= 15 is 0 Å². The molecule has 8 heteroatoms. The van der Waals surface area contributed by atoms with Crippen molar-refractivity contribution in [1.82, 2.24) is 14.8 Å². The Morgan fingerprint density at radius 3 is 2.48 bits per heavy atom. The van der Waals surface area contributed by atoms with E-state index in [0.717, 1.165) is 76.0 Å². The van der Waals surface area contributed by atoms with Crippen molar-refractivity contribution in [2.45, 2.75) is 33.2 Å². The fourth-order valence-electron chi connectivity index (χ4n) is 3.79. The lowest BCUT2D eigenvalue weighted by atomic mass is 10.2. The van der Waals surface area contributed by atoms with Crippen LogP contribution in [0.2, 0.25) is 0 Å². The summed E-state index contributed by atoms with van der Waals surface area (Å²) in [5.74, 6) is 1.28. The van der Waals surface area contributed by atoms with Gasteiger partial charge in [0.05, 0.1) is 5.69 Å². The van der Waals surface area contributed by atoms with E-state index in [0.29, 0.717) is 5.75 Å². The van der Waals surface area contributed by atoms with Gasteiger partial charge in [0.15, 0.2) is 5.96 Å². The van der Waals surface area contributed by atoms with E-state index in [2.05, 4.69) is 22.0 Å². The maximum absolute atomic E-state index is 12.0. The third kappa shape index (κ3) is 6.88. The van der Waals surface area contributed by atoms with E-state index in [1.165, 1.54) is 0 Å². The lowest BCUT2D eigenvalue weighted by molar-refractivity contribution is 0.369. The number of rotatable bonds is 7. The van der Waals surface area contributed by atoms with E-state index in [4.69, 9.17) is 4.99 Å². The number of anilines is 1. The molecule has 1 aliphatic rings. The number of hydrogen-bond donors (Lipinski definition) is 2. The van der Waals surface area contributed by atoms with Gasteiger partial charge in [-0.3, -0.25) is 9.79 Å². The summed E-state index contributed by atoms with van der Waals surface area (Å²) in [5.41, 5.74) is 1.96. The van der Waals surface area contributed by atoms with Crippen molar-refractivity contribution in [1.29, 1.82) is 0 Å². The molecule has 170 valence electrons. The van der Waals surface area contributed by atoms with E-state index < -0.39 is 0 Å². The highest BCUT2D eigenvalue weighted by Gasteiger charge is 2.21. The van der Waals surface area contributed by atoms with Gasteiger partial charge in [-0.1, -0.05) is 18.2 Å². The second-order valence-corrected chi connectivity index (χ2v) is 7.56. The molecule has 0 atom stereocenters. The van der Waals surface area contributed by atoms with E-state index in [1.54, 1.807) is 18.2 Å². The van der Waals surface area contributed by atoms with Gasteiger partial charge >= 0.3 is 0 Å². The average molecular weight is 539 g/mol. The topological polar surface area (TPSA) is 73.1 Å². The molecular formula is C23H34IN5O2. The number of benzene rings is 1. The number of aromatic nitrogens is 1.